The number of amides is 1. The number of nitrogens with zero attached hydrogens (tertiary/aromatic N) is 1. The first-order valence-electron chi connectivity index (χ1n) is 5.31. The van der Waals surface area contributed by atoms with E-state index in [1.54, 1.807) is 24.3 Å². The van der Waals surface area contributed by atoms with Crippen molar-refractivity contribution in [3.05, 3.63) is 57.6 Å². The largest absolute Gasteiger partial charge is 0.268 e. The van der Waals surface area contributed by atoms with E-state index in [0.29, 0.717) is 27.6 Å². The van der Waals surface area contributed by atoms with Crippen LogP contribution in [0.5, 0.6) is 0 Å². The fourth-order valence-corrected chi connectivity index (χ4v) is 1.91. The highest BCUT2D eigenvalue weighted by molar-refractivity contribution is 6.36. The molecular formula is C13H10Cl2N2O. The molecule has 5 heteroatoms. The van der Waals surface area contributed by atoms with Gasteiger partial charge in [0.05, 0.1) is 11.2 Å². The van der Waals surface area contributed by atoms with Gasteiger partial charge >= 0.3 is 0 Å². The summed E-state index contributed by atoms with van der Waals surface area (Å²) >= 11 is 11.7. The third-order valence-corrected chi connectivity index (χ3v) is 2.96. The maximum atomic E-state index is 11.6. The summed E-state index contributed by atoms with van der Waals surface area (Å²) in [4.78, 5) is 11.6. The monoisotopic (exact) mass is 280 g/mol. The highest BCUT2D eigenvalue weighted by Gasteiger charge is 2.08. The van der Waals surface area contributed by atoms with Crippen LogP contribution in [-0.4, -0.2) is 12.1 Å². The highest BCUT2D eigenvalue weighted by Crippen LogP contribution is 2.19. The van der Waals surface area contributed by atoms with E-state index in [1.165, 1.54) is 6.21 Å². The normalized spacial score (nSPS) is 14.0. The Morgan fingerprint density at radius 3 is 2.89 bits per heavy atom. The van der Waals surface area contributed by atoms with Crippen molar-refractivity contribution in [3.8, 4) is 0 Å². The molecule has 0 atom stereocenters. The summed E-state index contributed by atoms with van der Waals surface area (Å²) in [6.07, 6.45) is 7.64. The van der Waals surface area contributed by atoms with Crippen LogP contribution < -0.4 is 5.43 Å². The van der Waals surface area contributed by atoms with Crippen LogP contribution in [0.1, 0.15) is 12.0 Å². The van der Waals surface area contributed by atoms with Crippen molar-refractivity contribution < 1.29 is 4.79 Å². The Morgan fingerprint density at radius 2 is 2.22 bits per heavy atom. The van der Waals surface area contributed by atoms with Crippen LogP contribution in [0.25, 0.3) is 0 Å². The first-order valence-corrected chi connectivity index (χ1v) is 6.06. The van der Waals surface area contributed by atoms with Gasteiger partial charge < -0.3 is 0 Å². The molecular weight excluding hydrogens is 271 g/mol. The molecule has 0 heterocycles. The van der Waals surface area contributed by atoms with E-state index in [0.717, 1.165) is 0 Å². The number of hydrogen-bond donors (Lipinski definition) is 1. The molecule has 0 unspecified atom stereocenters. The van der Waals surface area contributed by atoms with E-state index in [1.807, 2.05) is 12.2 Å². The number of carbonyl (C=O) groups is 1. The van der Waals surface area contributed by atoms with E-state index >= 15 is 0 Å². The van der Waals surface area contributed by atoms with Crippen LogP contribution in [-0.2, 0) is 4.79 Å². The summed E-state index contributed by atoms with van der Waals surface area (Å²) in [6.45, 7) is 0. The predicted octanol–water partition coefficient (Wildman–Crippen LogP) is 3.33. The number of rotatable bonds is 3. The summed E-state index contributed by atoms with van der Waals surface area (Å²) in [5.74, 6) is -0.207. The Bertz CT molecular complexity index is 562. The number of nitrogens with one attached hydrogen (secondary N) is 1. The second-order valence-corrected chi connectivity index (χ2v) is 4.53. The van der Waals surface area contributed by atoms with Gasteiger partial charge in [-0.1, -0.05) is 47.5 Å². The lowest BCUT2D eigenvalue weighted by Gasteiger charge is -2.00. The minimum Gasteiger partial charge on any atom is -0.268 e. The van der Waals surface area contributed by atoms with Crippen LogP contribution in [0, 0.1) is 0 Å². The SMILES string of the molecule is O=C(N/N=C/c1ccc(Cl)cc1Cl)C1=CC=CC1. The number of hydrogen-bond acceptors (Lipinski definition) is 2. The Morgan fingerprint density at radius 1 is 1.39 bits per heavy atom. The Kier molecular flexibility index (Phi) is 4.18. The lowest BCUT2D eigenvalue weighted by Crippen LogP contribution is -2.18. The zero-order valence-electron chi connectivity index (χ0n) is 9.36. The van der Waals surface area contributed by atoms with Crippen LogP contribution in [0.15, 0.2) is 47.1 Å². The minimum absolute atomic E-state index is 0.207. The zero-order chi connectivity index (χ0) is 13.0. The van der Waals surface area contributed by atoms with Gasteiger partial charge in [0, 0.05) is 16.2 Å². The van der Waals surface area contributed by atoms with Crippen molar-refractivity contribution in [2.45, 2.75) is 6.42 Å². The average Bonchev–Trinajstić information content (AvgIpc) is 2.85. The van der Waals surface area contributed by atoms with Crippen molar-refractivity contribution in [1.29, 1.82) is 0 Å². The molecule has 1 aromatic rings. The van der Waals surface area contributed by atoms with Crippen LogP contribution in [0.3, 0.4) is 0 Å². The summed E-state index contributed by atoms with van der Waals surface area (Å²) in [7, 11) is 0. The molecule has 1 aliphatic carbocycles. The van der Waals surface area contributed by atoms with Gasteiger partial charge in [-0.2, -0.15) is 5.10 Å². The topological polar surface area (TPSA) is 41.5 Å². The second kappa shape index (κ2) is 5.85. The number of hydrazone groups is 1. The quantitative estimate of drug-likeness (QED) is 0.670. The molecule has 0 fully saturated rings. The summed E-state index contributed by atoms with van der Waals surface area (Å²) in [6, 6.07) is 5.06. The minimum atomic E-state index is -0.207. The summed E-state index contributed by atoms with van der Waals surface area (Å²) in [5, 5.41) is 4.90. The van der Waals surface area contributed by atoms with Gasteiger partial charge in [0.2, 0.25) is 0 Å². The Labute approximate surface area is 115 Å². The molecule has 0 aliphatic heterocycles. The van der Waals surface area contributed by atoms with Crippen LogP contribution >= 0.6 is 23.2 Å². The number of carbonyl (C=O) groups excluding carboxylic acids is 1. The summed E-state index contributed by atoms with van der Waals surface area (Å²) < 4.78 is 0. The molecule has 0 spiro atoms. The van der Waals surface area contributed by atoms with Crippen molar-refractivity contribution in [2.75, 3.05) is 0 Å². The first-order chi connectivity index (χ1) is 8.66. The maximum absolute atomic E-state index is 11.6. The second-order valence-electron chi connectivity index (χ2n) is 3.69. The van der Waals surface area contributed by atoms with Gasteiger partial charge in [0.1, 0.15) is 0 Å². The average molecular weight is 281 g/mol. The lowest BCUT2D eigenvalue weighted by atomic mass is 10.2. The van der Waals surface area contributed by atoms with Gasteiger partial charge in [-0.25, -0.2) is 5.43 Å². The fourth-order valence-electron chi connectivity index (χ4n) is 1.45. The molecule has 0 saturated carbocycles. The molecule has 1 amide bonds. The van der Waals surface area contributed by atoms with Gasteiger partial charge in [0.15, 0.2) is 0 Å². The maximum Gasteiger partial charge on any atom is 0.267 e. The van der Waals surface area contributed by atoms with Crippen molar-refractivity contribution in [3.63, 3.8) is 0 Å². The van der Waals surface area contributed by atoms with Gasteiger partial charge in [-0.15, -0.1) is 0 Å². The Balaban J connectivity index is 1.97. The molecule has 1 N–H and O–H groups in total. The van der Waals surface area contributed by atoms with Crippen LogP contribution in [0.4, 0.5) is 0 Å². The highest BCUT2D eigenvalue weighted by atomic mass is 35.5. The number of halogens is 2. The molecule has 18 heavy (non-hydrogen) atoms. The molecule has 0 bridgehead atoms. The zero-order valence-corrected chi connectivity index (χ0v) is 10.9. The molecule has 1 aromatic carbocycles. The van der Waals surface area contributed by atoms with E-state index in [4.69, 9.17) is 23.2 Å². The van der Waals surface area contributed by atoms with Crippen LogP contribution in [0.2, 0.25) is 10.0 Å². The van der Waals surface area contributed by atoms with Crippen molar-refractivity contribution in [1.82, 2.24) is 5.43 Å². The van der Waals surface area contributed by atoms with E-state index < -0.39 is 0 Å². The Hall–Kier alpha value is -1.58. The van der Waals surface area contributed by atoms with E-state index in [2.05, 4.69) is 10.5 Å². The number of allylic oxidation sites excluding steroid dienone is 3. The third kappa shape index (κ3) is 3.22. The molecule has 2 rings (SSSR count). The standard InChI is InChI=1S/C13H10Cl2N2O/c14-11-6-5-10(12(15)7-11)8-16-17-13(18)9-3-1-2-4-9/h1-3,5-8H,4H2,(H,17,18)/b16-8+. The molecule has 0 radical (unpaired) electrons. The molecule has 1 aliphatic rings. The van der Waals surface area contributed by atoms with Crippen molar-refractivity contribution >= 4 is 35.3 Å². The first kappa shape index (κ1) is 12.9. The van der Waals surface area contributed by atoms with Gasteiger partial charge in [-0.3, -0.25) is 4.79 Å². The fraction of sp³-hybridized carbons (Fsp3) is 0.0769. The van der Waals surface area contributed by atoms with E-state index in [9.17, 15) is 4.79 Å². The molecule has 0 aromatic heterocycles. The number of benzene rings is 1. The predicted molar refractivity (Wildman–Crippen MR) is 74.0 cm³/mol. The summed E-state index contributed by atoms with van der Waals surface area (Å²) in [5.41, 5.74) is 3.83. The van der Waals surface area contributed by atoms with Crippen molar-refractivity contribution in [2.24, 2.45) is 5.10 Å². The molecule has 3 nitrogen and oxygen atoms in total. The smallest absolute Gasteiger partial charge is 0.267 e. The molecule has 0 saturated heterocycles. The molecule has 92 valence electrons. The lowest BCUT2D eigenvalue weighted by molar-refractivity contribution is -0.117. The van der Waals surface area contributed by atoms with Gasteiger partial charge in [0.25, 0.3) is 5.91 Å². The van der Waals surface area contributed by atoms with Gasteiger partial charge in [-0.05, 0) is 18.6 Å². The third-order valence-electron chi connectivity index (χ3n) is 2.40. The van der Waals surface area contributed by atoms with E-state index in [-0.39, 0.29) is 5.91 Å².